The fourth-order valence-electron chi connectivity index (χ4n) is 1.28. The Labute approximate surface area is 104 Å². The standard InChI is InChI=1S/C10H12BrClO2S/c1-8-9(11)4-2-5-10(8)15(13,14)7-3-6-12/h2,4-5H,3,6-7H2,1H3. The van der Waals surface area contributed by atoms with Gasteiger partial charge in [0.1, 0.15) is 0 Å². The summed E-state index contributed by atoms with van der Waals surface area (Å²) in [6.07, 6.45) is 0.482. The zero-order chi connectivity index (χ0) is 11.5. The minimum Gasteiger partial charge on any atom is -0.224 e. The minimum absolute atomic E-state index is 0.105. The van der Waals surface area contributed by atoms with Gasteiger partial charge >= 0.3 is 0 Å². The Balaban J connectivity index is 3.10. The number of halogens is 2. The third-order valence-electron chi connectivity index (χ3n) is 2.10. The second-order valence-corrected chi connectivity index (χ2v) is 6.53. The third kappa shape index (κ3) is 3.20. The Hall–Kier alpha value is -0.0600. The monoisotopic (exact) mass is 310 g/mol. The minimum atomic E-state index is -3.19. The summed E-state index contributed by atoms with van der Waals surface area (Å²) in [6, 6.07) is 5.18. The molecule has 0 unspecified atom stereocenters. The smallest absolute Gasteiger partial charge is 0.178 e. The molecule has 0 spiro atoms. The molecule has 1 aromatic carbocycles. The number of alkyl halides is 1. The van der Waals surface area contributed by atoms with Crippen molar-refractivity contribution in [1.82, 2.24) is 0 Å². The highest BCUT2D eigenvalue weighted by Gasteiger charge is 2.17. The normalized spacial score (nSPS) is 11.7. The van der Waals surface area contributed by atoms with Crippen LogP contribution in [0.2, 0.25) is 0 Å². The summed E-state index contributed by atoms with van der Waals surface area (Å²) in [4.78, 5) is 0.391. The van der Waals surface area contributed by atoms with Crippen molar-refractivity contribution < 1.29 is 8.42 Å². The quantitative estimate of drug-likeness (QED) is 0.801. The van der Waals surface area contributed by atoms with Crippen LogP contribution in [0.5, 0.6) is 0 Å². The van der Waals surface area contributed by atoms with E-state index in [4.69, 9.17) is 11.6 Å². The molecule has 0 aromatic heterocycles. The summed E-state index contributed by atoms with van der Waals surface area (Å²) in [6.45, 7) is 1.79. The average molecular weight is 312 g/mol. The van der Waals surface area contributed by atoms with Gasteiger partial charge in [-0.15, -0.1) is 11.6 Å². The van der Waals surface area contributed by atoms with Crippen LogP contribution in [0.15, 0.2) is 27.6 Å². The van der Waals surface area contributed by atoms with E-state index in [0.29, 0.717) is 17.2 Å². The molecule has 0 aliphatic carbocycles. The van der Waals surface area contributed by atoms with Crippen LogP contribution in [0.1, 0.15) is 12.0 Å². The van der Waals surface area contributed by atoms with Gasteiger partial charge < -0.3 is 0 Å². The second-order valence-electron chi connectivity index (χ2n) is 3.22. The van der Waals surface area contributed by atoms with E-state index in [1.54, 1.807) is 19.1 Å². The Morgan fingerprint density at radius 3 is 2.67 bits per heavy atom. The SMILES string of the molecule is Cc1c(Br)cccc1S(=O)(=O)CCCCl. The van der Waals surface area contributed by atoms with Crippen molar-refractivity contribution in [3.63, 3.8) is 0 Å². The summed E-state index contributed by atoms with van der Waals surface area (Å²) >= 11 is 8.81. The van der Waals surface area contributed by atoms with E-state index in [0.717, 1.165) is 10.0 Å². The lowest BCUT2D eigenvalue weighted by atomic mass is 10.2. The zero-order valence-electron chi connectivity index (χ0n) is 8.33. The van der Waals surface area contributed by atoms with Gasteiger partial charge in [0.15, 0.2) is 9.84 Å². The summed E-state index contributed by atoms with van der Waals surface area (Å²) in [5.74, 6) is 0.472. The molecule has 0 atom stereocenters. The molecule has 0 aliphatic rings. The van der Waals surface area contributed by atoms with E-state index >= 15 is 0 Å². The molecule has 15 heavy (non-hydrogen) atoms. The predicted octanol–water partition coefficient (Wildman–Crippen LogP) is 3.16. The van der Waals surface area contributed by atoms with E-state index in [-0.39, 0.29) is 5.75 Å². The maximum Gasteiger partial charge on any atom is 0.178 e. The molecule has 1 rings (SSSR count). The molecule has 0 N–H and O–H groups in total. The van der Waals surface area contributed by atoms with Crippen LogP contribution in [0.25, 0.3) is 0 Å². The van der Waals surface area contributed by atoms with E-state index in [2.05, 4.69) is 15.9 Å². The van der Waals surface area contributed by atoms with E-state index in [9.17, 15) is 8.42 Å². The number of hydrogen-bond donors (Lipinski definition) is 0. The summed E-state index contributed by atoms with van der Waals surface area (Å²) in [7, 11) is -3.19. The molecule has 0 aliphatic heterocycles. The predicted molar refractivity (Wildman–Crippen MR) is 66.3 cm³/mol. The lowest BCUT2D eigenvalue weighted by Crippen LogP contribution is -2.09. The van der Waals surface area contributed by atoms with E-state index in [1.807, 2.05) is 6.07 Å². The molecule has 0 radical (unpaired) electrons. The lowest BCUT2D eigenvalue weighted by Gasteiger charge is -2.08. The lowest BCUT2D eigenvalue weighted by molar-refractivity contribution is 0.594. The van der Waals surface area contributed by atoms with Gasteiger partial charge in [0.25, 0.3) is 0 Å². The molecule has 0 fully saturated rings. The Morgan fingerprint density at radius 1 is 1.40 bits per heavy atom. The van der Waals surface area contributed by atoms with Gasteiger partial charge in [0.05, 0.1) is 10.6 Å². The van der Waals surface area contributed by atoms with Gasteiger partial charge in [-0.05, 0) is 31.0 Å². The van der Waals surface area contributed by atoms with Crippen molar-refractivity contribution in [3.05, 3.63) is 28.2 Å². The number of benzene rings is 1. The van der Waals surface area contributed by atoms with E-state index < -0.39 is 9.84 Å². The largest absolute Gasteiger partial charge is 0.224 e. The Bertz CT molecular complexity index is 443. The first kappa shape index (κ1) is 13.0. The molecule has 5 heteroatoms. The molecule has 84 valence electrons. The first-order valence-corrected chi connectivity index (χ1v) is 7.51. The van der Waals surface area contributed by atoms with Crippen LogP contribution in [0, 0.1) is 6.92 Å². The highest BCUT2D eigenvalue weighted by Crippen LogP contribution is 2.24. The maximum absolute atomic E-state index is 11.9. The Morgan fingerprint density at radius 2 is 2.07 bits per heavy atom. The van der Waals surface area contributed by atoms with Gasteiger partial charge in [-0.2, -0.15) is 0 Å². The number of sulfone groups is 1. The maximum atomic E-state index is 11.9. The Kier molecular flexibility index (Phi) is 4.62. The topological polar surface area (TPSA) is 34.1 Å². The average Bonchev–Trinajstić information content (AvgIpc) is 2.19. The molecule has 0 bridgehead atoms. The van der Waals surface area contributed by atoms with E-state index in [1.165, 1.54) is 0 Å². The van der Waals surface area contributed by atoms with Crippen molar-refractivity contribution in [2.45, 2.75) is 18.2 Å². The van der Waals surface area contributed by atoms with Crippen molar-refractivity contribution in [2.24, 2.45) is 0 Å². The summed E-state index contributed by atoms with van der Waals surface area (Å²) < 4.78 is 24.6. The van der Waals surface area contributed by atoms with Crippen LogP contribution in [0.3, 0.4) is 0 Å². The third-order valence-corrected chi connectivity index (χ3v) is 5.16. The summed E-state index contributed by atoms with van der Waals surface area (Å²) in [5, 5.41) is 0. The number of rotatable bonds is 4. The fraction of sp³-hybridized carbons (Fsp3) is 0.400. The molecule has 1 aromatic rings. The van der Waals surface area contributed by atoms with Gasteiger partial charge in [0, 0.05) is 10.4 Å². The number of hydrogen-bond acceptors (Lipinski definition) is 2. The van der Waals surface area contributed by atoms with Crippen LogP contribution in [0.4, 0.5) is 0 Å². The van der Waals surface area contributed by atoms with Gasteiger partial charge in [-0.1, -0.05) is 22.0 Å². The van der Waals surface area contributed by atoms with Crippen molar-refractivity contribution in [2.75, 3.05) is 11.6 Å². The molecule has 0 heterocycles. The van der Waals surface area contributed by atoms with Crippen molar-refractivity contribution >= 4 is 37.4 Å². The van der Waals surface area contributed by atoms with Gasteiger partial charge in [-0.25, -0.2) is 8.42 Å². The molecule has 0 saturated heterocycles. The molecule has 0 saturated carbocycles. The molecule has 2 nitrogen and oxygen atoms in total. The first-order valence-electron chi connectivity index (χ1n) is 4.53. The molecular weight excluding hydrogens is 300 g/mol. The zero-order valence-corrected chi connectivity index (χ0v) is 11.5. The highest BCUT2D eigenvalue weighted by molar-refractivity contribution is 9.10. The highest BCUT2D eigenvalue weighted by atomic mass is 79.9. The summed E-state index contributed by atoms with van der Waals surface area (Å²) in [5.41, 5.74) is 0.757. The molecule has 0 amide bonds. The van der Waals surface area contributed by atoms with Crippen LogP contribution in [-0.2, 0) is 9.84 Å². The van der Waals surface area contributed by atoms with Gasteiger partial charge in [-0.3, -0.25) is 0 Å². The van der Waals surface area contributed by atoms with Gasteiger partial charge in [0.2, 0.25) is 0 Å². The van der Waals surface area contributed by atoms with Crippen LogP contribution >= 0.6 is 27.5 Å². The van der Waals surface area contributed by atoms with Crippen molar-refractivity contribution in [1.29, 1.82) is 0 Å². The van der Waals surface area contributed by atoms with Crippen LogP contribution < -0.4 is 0 Å². The van der Waals surface area contributed by atoms with Crippen molar-refractivity contribution in [3.8, 4) is 0 Å². The molecular formula is C10H12BrClO2S. The fourth-order valence-corrected chi connectivity index (χ4v) is 3.68. The first-order chi connectivity index (χ1) is 6.99. The van der Waals surface area contributed by atoms with Crippen LogP contribution in [-0.4, -0.2) is 20.1 Å². The second kappa shape index (κ2) is 5.32.